The van der Waals surface area contributed by atoms with E-state index in [0.717, 1.165) is 18.1 Å². The Morgan fingerprint density at radius 3 is 2.67 bits per heavy atom. The lowest BCUT2D eigenvalue weighted by Gasteiger charge is -2.35. The van der Waals surface area contributed by atoms with E-state index in [9.17, 15) is 4.79 Å². The van der Waals surface area contributed by atoms with Gasteiger partial charge in [-0.05, 0) is 19.9 Å². The normalized spacial score (nSPS) is 24.1. The molecule has 1 fully saturated rings. The number of carbonyl (C=O) groups excluding carboxylic acids is 1. The van der Waals surface area contributed by atoms with Gasteiger partial charge >= 0.3 is 0 Å². The Kier molecular flexibility index (Phi) is 3.77. The van der Waals surface area contributed by atoms with Crippen molar-refractivity contribution in [3.8, 4) is 0 Å². The lowest BCUT2D eigenvalue weighted by molar-refractivity contribution is -0.00500. The van der Waals surface area contributed by atoms with E-state index in [-0.39, 0.29) is 18.1 Å². The summed E-state index contributed by atoms with van der Waals surface area (Å²) < 4.78 is 5.70. The van der Waals surface area contributed by atoms with Crippen molar-refractivity contribution in [1.82, 2.24) is 5.32 Å². The van der Waals surface area contributed by atoms with Gasteiger partial charge in [-0.25, -0.2) is 0 Å². The molecule has 18 heavy (non-hydrogen) atoms. The summed E-state index contributed by atoms with van der Waals surface area (Å²) in [6, 6.07) is 1.88. The minimum absolute atomic E-state index is 0.127. The van der Waals surface area contributed by atoms with Crippen LogP contribution < -0.4 is 16.0 Å². The summed E-state index contributed by atoms with van der Waals surface area (Å²) in [5, 5.41) is 3.64. The van der Waals surface area contributed by atoms with Crippen LogP contribution in [-0.2, 0) is 4.74 Å². The maximum atomic E-state index is 11.6. The summed E-state index contributed by atoms with van der Waals surface area (Å²) in [5.74, 6) is -0.127. The first kappa shape index (κ1) is 13.2. The number of nitrogen functional groups attached to an aromatic ring is 1. The lowest BCUT2D eigenvalue weighted by atomic mass is 10.2. The summed E-state index contributed by atoms with van der Waals surface area (Å²) in [6.45, 7) is 5.77. The first-order chi connectivity index (χ1) is 8.51. The monoisotopic (exact) mass is 269 g/mol. The number of carbonyl (C=O) groups is 1. The van der Waals surface area contributed by atoms with Crippen LogP contribution in [0, 0.1) is 0 Å². The second-order valence-corrected chi connectivity index (χ2v) is 5.64. The van der Waals surface area contributed by atoms with Crippen molar-refractivity contribution in [2.45, 2.75) is 26.1 Å². The fraction of sp³-hybridized carbons (Fsp3) is 0.583. The molecular formula is C12H19N3O2S. The molecule has 0 unspecified atom stereocenters. The summed E-state index contributed by atoms with van der Waals surface area (Å²) >= 11 is 1.44. The van der Waals surface area contributed by atoms with E-state index < -0.39 is 0 Å². The van der Waals surface area contributed by atoms with Gasteiger partial charge in [0.05, 0.1) is 22.9 Å². The van der Waals surface area contributed by atoms with Crippen LogP contribution in [0.4, 0.5) is 10.7 Å². The summed E-state index contributed by atoms with van der Waals surface area (Å²) in [6.07, 6.45) is 0.390. The Morgan fingerprint density at radius 2 is 2.11 bits per heavy atom. The van der Waals surface area contributed by atoms with E-state index in [1.165, 1.54) is 11.3 Å². The zero-order valence-electron chi connectivity index (χ0n) is 10.9. The van der Waals surface area contributed by atoms with Gasteiger partial charge in [0.2, 0.25) is 0 Å². The van der Waals surface area contributed by atoms with Crippen molar-refractivity contribution in [3.05, 3.63) is 10.9 Å². The van der Waals surface area contributed by atoms with Crippen LogP contribution in [0.15, 0.2) is 6.07 Å². The third-order valence-corrected chi connectivity index (χ3v) is 4.12. The highest BCUT2D eigenvalue weighted by molar-refractivity contribution is 7.18. The van der Waals surface area contributed by atoms with Gasteiger partial charge in [0, 0.05) is 20.1 Å². The zero-order valence-corrected chi connectivity index (χ0v) is 11.7. The number of nitrogens with two attached hydrogens (primary N) is 1. The highest BCUT2D eigenvalue weighted by Crippen LogP contribution is 2.33. The molecule has 5 nitrogen and oxygen atoms in total. The summed E-state index contributed by atoms with van der Waals surface area (Å²) in [7, 11) is 1.61. The van der Waals surface area contributed by atoms with Crippen molar-refractivity contribution >= 4 is 27.9 Å². The van der Waals surface area contributed by atoms with Crippen LogP contribution in [0.5, 0.6) is 0 Å². The molecule has 0 aliphatic carbocycles. The first-order valence-corrected chi connectivity index (χ1v) is 6.84. The molecule has 2 rings (SSSR count). The second kappa shape index (κ2) is 5.16. The molecule has 6 heteroatoms. The molecule has 1 aliphatic rings. The van der Waals surface area contributed by atoms with Crippen molar-refractivity contribution < 1.29 is 9.53 Å². The fourth-order valence-electron chi connectivity index (χ4n) is 2.20. The number of nitrogens with zero attached hydrogens (tertiary/aromatic N) is 1. The van der Waals surface area contributed by atoms with Crippen molar-refractivity contribution in [1.29, 1.82) is 0 Å². The van der Waals surface area contributed by atoms with Gasteiger partial charge in [-0.15, -0.1) is 11.3 Å². The molecule has 0 aromatic carbocycles. The Morgan fingerprint density at radius 1 is 1.50 bits per heavy atom. The minimum Gasteiger partial charge on any atom is -0.397 e. The number of anilines is 2. The third kappa shape index (κ3) is 2.59. The van der Waals surface area contributed by atoms with E-state index >= 15 is 0 Å². The van der Waals surface area contributed by atoms with Gasteiger partial charge in [-0.1, -0.05) is 0 Å². The predicted octanol–water partition coefficient (Wildman–Crippen LogP) is 1.30. The highest BCUT2D eigenvalue weighted by Gasteiger charge is 2.25. The maximum Gasteiger partial charge on any atom is 0.263 e. The Bertz CT molecular complexity index is 437. The number of morpholine rings is 1. The van der Waals surface area contributed by atoms with Gasteiger partial charge in [0.25, 0.3) is 5.91 Å². The molecule has 0 bridgehead atoms. The molecule has 1 aromatic rings. The smallest absolute Gasteiger partial charge is 0.263 e. The molecule has 2 heterocycles. The second-order valence-electron chi connectivity index (χ2n) is 4.61. The first-order valence-electron chi connectivity index (χ1n) is 6.03. The Labute approximate surface area is 111 Å². The van der Waals surface area contributed by atoms with E-state index in [1.54, 1.807) is 7.05 Å². The largest absolute Gasteiger partial charge is 0.397 e. The molecule has 0 saturated carbocycles. The molecule has 1 aliphatic heterocycles. The zero-order chi connectivity index (χ0) is 13.3. The van der Waals surface area contributed by atoms with Crippen LogP contribution >= 0.6 is 11.3 Å². The molecule has 2 atom stereocenters. The summed E-state index contributed by atoms with van der Waals surface area (Å²) in [5.41, 5.74) is 6.43. The van der Waals surface area contributed by atoms with Gasteiger partial charge in [-0.3, -0.25) is 4.79 Å². The molecule has 3 N–H and O–H groups in total. The molecule has 0 spiro atoms. The molecule has 1 aromatic heterocycles. The van der Waals surface area contributed by atoms with E-state index in [0.29, 0.717) is 10.6 Å². The number of rotatable bonds is 2. The maximum absolute atomic E-state index is 11.6. The predicted molar refractivity (Wildman–Crippen MR) is 74.3 cm³/mol. The molecule has 0 radical (unpaired) electrons. The van der Waals surface area contributed by atoms with Gasteiger partial charge in [0.1, 0.15) is 4.88 Å². The van der Waals surface area contributed by atoms with Crippen molar-refractivity contribution in [2.24, 2.45) is 0 Å². The summed E-state index contributed by atoms with van der Waals surface area (Å²) in [4.78, 5) is 14.4. The molecule has 100 valence electrons. The third-order valence-electron chi connectivity index (χ3n) is 2.91. The van der Waals surface area contributed by atoms with Crippen molar-refractivity contribution in [3.63, 3.8) is 0 Å². The fourth-order valence-corrected chi connectivity index (χ4v) is 3.24. The number of hydrogen-bond donors (Lipinski definition) is 2. The minimum atomic E-state index is -0.127. The quantitative estimate of drug-likeness (QED) is 0.849. The van der Waals surface area contributed by atoms with E-state index in [4.69, 9.17) is 10.5 Å². The topological polar surface area (TPSA) is 67.6 Å². The average molecular weight is 269 g/mol. The van der Waals surface area contributed by atoms with Crippen LogP contribution in [0.3, 0.4) is 0 Å². The lowest BCUT2D eigenvalue weighted by Crippen LogP contribution is -2.45. The SMILES string of the molecule is CNC(=O)c1sc(N2C[C@@H](C)O[C@@H](C)C2)cc1N. The van der Waals surface area contributed by atoms with Gasteiger partial charge < -0.3 is 20.7 Å². The van der Waals surface area contributed by atoms with E-state index in [1.807, 2.05) is 6.07 Å². The Balaban J connectivity index is 2.21. The number of hydrogen-bond acceptors (Lipinski definition) is 5. The van der Waals surface area contributed by atoms with Crippen LogP contribution in [0.1, 0.15) is 23.5 Å². The number of thiophene rings is 1. The van der Waals surface area contributed by atoms with Crippen LogP contribution in [0.2, 0.25) is 0 Å². The van der Waals surface area contributed by atoms with Gasteiger partial charge in [-0.2, -0.15) is 0 Å². The van der Waals surface area contributed by atoms with Crippen LogP contribution in [-0.4, -0.2) is 38.3 Å². The molecular weight excluding hydrogens is 250 g/mol. The molecule has 1 amide bonds. The number of amides is 1. The average Bonchev–Trinajstić information content (AvgIpc) is 2.69. The van der Waals surface area contributed by atoms with Crippen LogP contribution in [0.25, 0.3) is 0 Å². The molecule has 1 saturated heterocycles. The standard InChI is InChI=1S/C12H19N3O2S/c1-7-5-15(6-8(2)17-7)10-4-9(13)11(18-10)12(16)14-3/h4,7-8H,5-6,13H2,1-3H3,(H,14,16)/t7-,8+. The Hall–Kier alpha value is -1.27. The number of nitrogens with one attached hydrogen (secondary N) is 1. The van der Waals surface area contributed by atoms with Crippen molar-refractivity contribution in [2.75, 3.05) is 30.8 Å². The number of ether oxygens (including phenoxy) is 1. The van der Waals surface area contributed by atoms with E-state index in [2.05, 4.69) is 24.1 Å². The van der Waals surface area contributed by atoms with Gasteiger partial charge in [0.15, 0.2) is 0 Å². The highest BCUT2D eigenvalue weighted by atomic mass is 32.1.